The molecule has 1 aromatic carbocycles. The van der Waals surface area contributed by atoms with Crippen LogP contribution in [0.5, 0.6) is 0 Å². The second kappa shape index (κ2) is 7.07. The van der Waals surface area contributed by atoms with Gasteiger partial charge in [0.1, 0.15) is 5.82 Å². The lowest BCUT2D eigenvalue weighted by Gasteiger charge is -2.10. The average Bonchev–Trinajstić information content (AvgIpc) is 2.40. The summed E-state index contributed by atoms with van der Waals surface area (Å²) >= 11 is 0. The van der Waals surface area contributed by atoms with E-state index in [1.807, 2.05) is 0 Å². The molecule has 0 radical (unpaired) electrons. The third kappa shape index (κ3) is 4.23. The predicted octanol–water partition coefficient (Wildman–Crippen LogP) is 0.781. The third-order valence-corrected chi connectivity index (χ3v) is 2.40. The number of para-hydroxylation sites is 1. The van der Waals surface area contributed by atoms with Gasteiger partial charge in [-0.15, -0.1) is 0 Å². The summed E-state index contributed by atoms with van der Waals surface area (Å²) in [6.07, 6.45) is 0.0625. The molecular weight excluding hydrogens is 269 g/mol. The number of carboxylic acids is 1. The van der Waals surface area contributed by atoms with Crippen molar-refractivity contribution in [2.24, 2.45) is 0 Å². The number of carbonyl (C=O) groups excluding carboxylic acids is 2. The van der Waals surface area contributed by atoms with Gasteiger partial charge < -0.3 is 21.1 Å². The minimum absolute atomic E-state index is 0.0440. The maximum atomic E-state index is 13.5. The summed E-state index contributed by atoms with van der Waals surface area (Å²) in [5.41, 5.74) is -0.774. The number of anilines is 1. The van der Waals surface area contributed by atoms with E-state index in [1.165, 1.54) is 19.2 Å². The number of amides is 3. The van der Waals surface area contributed by atoms with Crippen LogP contribution in [0, 0.1) is 5.82 Å². The van der Waals surface area contributed by atoms with Gasteiger partial charge in [0.25, 0.3) is 0 Å². The van der Waals surface area contributed by atoms with Crippen molar-refractivity contribution in [3.63, 3.8) is 0 Å². The second-order valence-electron chi connectivity index (χ2n) is 3.77. The number of hydrogen-bond acceptors (Lipinski definition) is 3. The van der Waals surface area contributed by atoms with E-state index in [0.717, 1.165) is 6.07 Å². The van der Waals surface area contributed by atoms with Crippen LogP contribution in [-0.2, 0) is 4.79 Å². The fraction of sp³-hybridized carbons (Fsp3) is 0.250. The van der Waals surface area contributed by atoms with Gasteiger partial charge in [0, 0.05) is 20.0 Å². The van der Waals surface area contributed by atoms with Crippen LogP contribution >= 0.6 is 0 Å². The standard InChI is InChI=1S/C12H14FN3O4/c1-14-9(17)5-6-15-12(20)16-10-7(11(18)19)3-2-4-8(10)13/h2-4H,5-6H2,1H3,(H,14,17)(H,18,19)(H2,15,16,20). The molecule has 0 saturated carbocycles. The molecular formula is C12H14FN3O4. The Labute approximate surface area is 114 Å². The first kappa shape index (κ1) is 15.4. The Hall–Kier alpha value is -2.64. The number of halogens is 1. The molecule has 20 heavy (non-hydrogen) atoms. The topological polar surface area (TPSA) is 108 Å². The molecule has 0 atom stereocenters. The van der Waals surface area contributed by atoms with Gasteiger partial charge in [-0.05, 0) is 12.1 Å². The zero-order valence-corrected chi connectivity index (χ0v) is 10.7. The smallest absolute Gasteiger partial charge is 0.337 e. The Kier molecular flexibility index (Phi) is 5.45. The van der Waals surface area contributed by atoms with Crippen LogP contribution in [0.4, 0.5) is 14.9 Å². The first-order valence-electron chi connectivity index (χ1n) is 5.73. The highest BCUT2D eigenvalue weighted by Crippen LogP contribution is 2.19. The van der Waals surface area contributed by atoms with Crippen LogP contribution in [0.25, 0.3) is 0 Å². The number of urea groups is 1. The van der Waals surface area contributed by atoms with Crippen LogP contribution in [0.1, 0.15) is 16.8 Å². The number of benzene rings is 1. The van der Waals surface area contributed by atoms with Gasteiger partial charge in [-0.25, -0.2) is 14.0 Å². The number of hydrogen-bond donors (Lipinski definition) is 4. The van der Waals surface area contributed by atoms with Gasteiger partial charge in [0.15, 0.2) is 0 Å². The van der Waals surface area contributed by atoms with Crippen LogP contribution in [-0.4, -0.2) is 36.6 Å². The zero-order valence-electron chi connectivity index (χ0n) is 10.7. The molecule has 0 spiro atoms. The van der Waals surface area contributed by atoms with E-state index in [1.54, 1.807) is 0 Å². The molecule has 3 amide bonds. The van der Waals surface area contributed by atoms with E-state index in [0.29, 0.717) is 0 Å². The van der Waals surface area contributed by atoms with Crippen LogP contribution < -0.4 is 16.0 Å². The van der Waals surface area contributed by atoms with Gasteiger partial charge >= 0.3 is 12.0 Å². The molecule has 1 rings (SSSR count). The number of nitrogens with one attached hydrogen (secondary N) is 3. The Morgan fingerprint density at radius 2 is 2.00 bits per heavy atom. The summed E-state index contributed by atoms with van der Waals surface area (Å²) in [6.45, 7) is 0.0440. The first-order valence-corrected chi connectivity index (χ1v) is 5.73. The van der Waals surface area contributed by atoms with Crippen molar-refractivity contribution >= 4 is 23.6 Å². The van der Waals surface area contributed by atoms with Crippen LogP contribution in [0.3, 0.4) is 0 Å². The van der Waals surface area contributed by atoms with Gasteiger partial charge in [0.05, 0.1) is 11.3 Å². The fourth-order valence-corrected chi connectivity index (χ4v) is 1.40. The molecule has 108 valence electrons. The molecule has 0 aromatic heterocycles. The second-order valence-corrected chi connectivity index (χ2v) is 3.77. The van der Waals surface area contributed by atoms with E-state index in [4.69, 9.17) is 5.11 Å². The minimum Gasteiger partial charge on any atom is -0.478 e. The van der Waals surface area contributed by atoms with E-state index in [-0.39, 0.29) is 24.4 Å². The minimum atomic E-state index is -1.36. The Morgan fingerprint density at radius 3 is 2.60 bits per heavy atom. The van der Waals surface area contributed by atoms with Crippen molar-refractivity contribution in [2.45, 2.75) is 6.42 Å². The highest BCUT2D eigenvalue weighted by molar-refractivity contribution is 6.00. The summed E-state index contributed by atoms with van der Waals surface area (Å²) in [6, 6.07) is 2.65. The largest absolute Gasteiger partial charge is 0.478 e. The number of carbonyl (C=O) groups is 3. The van der Waals surface area contributed by atoms with Crippen molar-refractivity contribution in [1.29, 1.82) is 0 Å². The molecule has 0 saturated heterocycles. The van der Waals surface area contributed by atoms with Crippen molar-refractivity contribution < 1.29 is 23.9 Å². The average molecular weight is 283 g/mol. The van der Waals surface area contributed by atoms with Crippen LogP contribution in [0.2, 0.25) is 0 Å². The normalized spacial score (nSPS) is 9.70. The summed E-state index contributed by atoms with van der Waals surface area (Å²) < 4.78 is 13.5. The summed E-state index contributed by atoms with van der Waals surface area (Å²) in [7, 11) is 1.46. The molecule has 1 aromatic rings. The summed E-state index contributed by atoms with van der Waals surface area (Å²) in [5, 5.41) is 15.7. The van der Waals surface area contributed by atoms with E-state index >= 15 is 0 Å². The zero-order chi connectivity index (χ0) is 15.1. The highest BCUT2D eigenvalue weighted by atomic mass is 19.1. The quantitative estimate of drug-likeness (QED) is 0.640. The first-order chi connectivity index (χ1) is 9.45. The van der Waals surface area contributed by atoms with Crippen molar-refractivity contribution in [3.05, 3.63) is 29.6 Å². The van der Waals surface area contributed by atoms with Crippen molar-refractivity contribution in [1.82, 2.24) is 10.6 Å². The number of aromatic carboxylic acids is 1. The number of carboxylic acid groups (broad SMARTS) is 1. The van der Waals surface area contributed by atoms with Gasteiger partial charge in [-0.3, -0.25) is 4.79 Å². The molecule has 0 aliphatic heterocycles. The molecule has 4 N–H and O–H groups in total. The molecule has 7 nitrogen and oxygen atoms in total. The highest BCUT2D eigenvalue weighted by Gasteiger charge is 2.16. The van der Waals surface area contributed by atoms with Gasteiger partial charge in [-0.1, -0.05) is 6.07 Å². The van der Waals surface area contributed by atoms with Gasteiger partial charge in [-0.2, -0.15) is 0 Å². The lowest BCUT2D eigenvalue weighted by Crippen LogP contribution is -2.33. The van der Waals surface area contributed by atoms with Gasteiger partial charge in [0.2, 0.25) is 5.91 Å². The maximum absolute atomic E-state index is 13.5. The lowest BCUT2D eigenvalue weighted by molar-refractivity contribution is -0.120. The monoisotopic (exact) mass is 283 g/mol. The molecule has 0 unspecified atom stereocenters. The molecule has 0 heterocycles. The van der Waals surface area contributed by atoms with E-state index in [9.17, 15) is 18.8 Å². The molecule has 0 fully saturated rings. The predicted molar refractivity (Wildman–Crippen MR) is 69.1 cm³/mol. The Balaban J connectivity index is 2.66. The third-order valence-electron chi connectivity index (χ3n) is 2.40. The lowest BCUT2D eigenvalue weighted by atomic mass is 10.1. The molecule has 0 aliphatic rings. The van der Waals surface area contributed by atoms with Crippen molar-refractivity contribution in [3.8, 4) is 0 Å². The summed E-state index contributed by atoms with van der Waals surface area (Å²) in [4.78, 5) is 33.3. The molecule has 8 heteroatoms. The van der Waals surface area contributed by atoms with E-state index < -0.39 is 23.5 Å². The van der Waals surface area contributed by atoms with Crippen LogP contribution in [0.15, 0.2) is 18.2 Å². The molecule has 0 bridgehead atoms. The number of rotatable bonds is 5. The Morgan fingerprint density at radius 1 is 1.30 bits per heavy atom. The Bertz CT molecular complexity index is 533. The van der Waals surface area contributed by atoms with E-state index in [2.05, 4.69) is 16.0 Å². The fourth-order valence-electron chi connectivity index (χ4n) is 1.40. The molecule has 0 aliphatic carbocycles. The SMILES string of the molecule is CNC(=O)CCNC(=O)Nc1c(F)cccc1C(=O)O. The van der Waals surface area contributed by atoms with Crippen molar-refractivity contribution in [2.75, 3.05) is 18.9 Å². The maximum Gasteiger partial charge on any atom is 0.337 e. The summed E-state index contributed by atoms with van der Waals surface area (Å²) in [5.74, 6) is -2.47.